The van der Waals surface area contributed by atoms with E-state index in [1.165, 1.54) is 32.1 Å². The first-order valence-corrected chi connectivity index (χ1v) is 30.4. The second kappa shape index (κ2) is 25.4. The Morgan fingerprint density at radius 2 is 1.00 bits per heavy atom. The number of imide groups is 2. The summed E-state index contributed by atoms with van der Waals surface area (Å²) in [6.45, 7) is 3.70. The maximum atomic E-state index is 13.7. The normalized spacial score (nSPS) is 22.9. The van der Waals surface area contributed by atoms with E-state index >= 15 is 0 Å². The molecule has 0 radical (unpaired) electrons. The van der Waals surface area contributed by atoms with Crippen molar-refractivity contribution in [2.24, 2.45) is 28.7 Å². The average Bonchev–Trinajstić information content (AvgIpc) is 3.03. The van der Waals surface area contributed by atoms with Gasteiger partial charge in [0.2, 0.25) is 5.91 Å². The summed E-state index contributed by atoms with van der Waals surface area (Å²) in [5, 5.41) is 13.1. The number of carbonyl (C=O) groups is 9. The zero-order valence-corrected chi connectivity index (χ0v) is 48.3. The summed E-state index contributed by atoms with van der Waals surface area (Å²) in [5.41, 5.74) is 11.6. The number of hydrogen-bond donors (Lipinski definition) is 2. The minimum atomic E-state index is -0.873. The smallest absolute Gasteiger partial charge is 0.317 e. The van der Waals surface area contributed by atoms with Gasteiger partial charge in [0.25, 0.3) is 29.5 Å². The molecule has 17 heteroatoms. The molecular formula is C70H68N6O11. The molecule has 0 spiro atoms. The number of hydrogen-bond acceptors (Lipinski definition) is 12. The Kier molecular flexibility index (Phi) is 17.0. The summed E-state index contributed by atoms with van der Waals surface area (Å²) in [4.78, 5) is 121. The Morgan fingerprint density at radius 1 is 0.506 bits per heavy atom. The Bertz CT molecular complexity index is 3690. The third kappa shape index (κ3) is 11.7. The zero-order valence-electron chi connectivity index (χ0n) is 48.3. The lowest BCUT2D eigenvalue weighted by Crippen LogP contribution is -2.49. The van der Waals surface area contributed by atoms with E-state index < -0.39 is 17.8 Å². The molecule has 2 saturated carbocycles. The van der Waals surface area contributed by atoms with Gasteiger partial charge in [-0.1, -0.05) is 141 Å². The van der Waals surface area contributed by atoms with Crippen LogP contribution < -0.4 is 5.32 Å². The predicted octanol–water partition coefficient (Wildman–Crippen LogP) is 9.03. The molecule has 1 saturated heterocycles. The zero-order chi connectivity index (χ0) is 60.3. The number of nitrogens with zero attached hydrogens (tertiary/aromatic N) is 5. The summed E-state index contributed by atoms with van der Waals surface area (Å²) in [6.07, 6.45) is 9.35. The van der Waals surface area contributed by atoms with Crippen molar-refractivity contribution in [3.63, 3.8) is 0 Å². The molecule has 6 atom stereocenters. The Balaban J connectivity index is 0.000000119. The van der Waals surface area contributed by atoms with Crippen LogP contribution in [0.25, 0.3) is 0 Å². The van der Waals surface area contributed by atoms with Crippen molar-refractivity contribution < 1.29 is 53.0 Å². The van der Waals surface area contributed by atoms with Gasteiger partial charge in [-0.25, -0.2) is 0 Å². The number of carboxylic acids is 1. The molecule has 15 rings (SSSR count). The largest absolute Gasteiger partial charge is 0.481 e. The Hall–Kier alpha value is -9.22. The first-order valence-electron chi connectivity index (χ1n) is 30.4. The molecule has 6 aromatic carbocycles. The second-order valence-corrected chi connectivity index (χ2v) is 23.6. The molecule has 2 N–H and O–H groups in total. The third-order valence-electron chi connectivity index (χ3n) is 18.6. The number of ether oxygens (including phenoxy) is 1. The van der Waals surface area contributed by atoms with Crippen molar-refractivity contribution in [1.82, 2.24) is 24.9 Å². The van der Waals surface area contributed by atoms with Crippen molar-refractivity contribution >= 4 is 59.1 Å². The standard InChI is InChI=1S/C26H28N2O4.C18H16N2O2.C18H14N2O2.C8H10O3/c29-24-20-10-4-2-8-18(20)15-27(24)16-23-19-9-3-1-7-17(19)13-14-28(23)25(30)21-11-5-6-12-22(21)26(31)32;2*21-17-14-7-3-4-8-15(14)18(22)20(17)11-16-13-6-2-1-5-12(13)9-10-19-16;9-7-5-3-1-2-4-6(5)8(10)11-7/h1-4,7-10,21-23H,5-6,11-16H2,(H,31,32);1-8,16,19H,9-11H2;1-8H,9-11H2;5-6H,1-4H2/t;;;5-,6+. The van der Waals surface area contributed by atoms with Gasteiger partial charge < -0.3 is 25.0 Å². The molecular weight excluding hydrogens is 1100 g/mol. The minimum absolute atomic E-state index is 0.00266. The summed E-state index contributed by atoms with van der Waals surface area (Å²) < 4.78 is 4.53. The Morgan fingerprint density at radius 3 is 1.60 bits per heavy atom. The van der Waals surface area contributed by atoms with Gasteiger partial charge in [-0.05, 0) is 115 Å². The van der Waals surface area contributed by atoms with Crippen LogP contribution in [0.1, 0.15) is 154 Å². The molecule has 444 valence electrons. The summed E-state index contributed by atoms with van der Waals surface area (Å²) in [6, 6.07) is 45.8. The van der Waals surface area contributed by atoms with E-state index in [1.807, 2.05) is 82.6 Å². The maximum absolute atomic E-state index is 13.7. The van der Waals surface area contributed by atoms with Crippen molar-refractivity contribution in [2.45, 2.75) is 89.3 Å². The van der Waals surface area contributed by atoms with Crippen molar-refractivity contribution in [3.05, 3.63) is 212 Å². The predicted molar refractivity (Wildman–Crippen MR) is 321 cm³/mol. The quantitative estimate of drug-likeness (QED) is 0.0828. The van der Waals surface area contributed by atoms with E-state index in [0.717, 1.165) is 92.3 Å². The maximum Gasteiger partial charge on any atom is 0.317 e. The Labute approximate surface area is 504 Å². The van der Waals surface area contributed by atoms with E-state index in [9.17, 15) is 48.3 Å². The highest BCUT2D eigenvalue weighted by atomic mass is 16.6. The van der Waals surface area contributed by atoms with E-state index in [1.54, 1.807) is 48.5 Å². The van der Waals surface area contributed by atoms with Crippen molar-refractivity contribution in [1.29, 1.82) is 0 Å². The SMILES string of the molecule is O=C(O)C1CCCCC1C(=O)N1CCc2ccccc2C1CN1Cc2ccccc2C1=O.O=C1OC(=O)[C@@H]2CCCC[C@H]12.O=C1c2ccccc2C(=O)N1CC1=NCCc2ccccc21.O=C1c2ccccc2C(=O)N1CC1NCCc2ccccc21. The van der Waals surface area contributed by atoms with Crippen LogP contribution >= 0.6 is 0 Å². The lowest BCUT2D eigenvalue weighted by Gasteiger charge is -2.42. The average molecular weight is 1170 g/mol. The highest BCUT2D eigenvalue weighted by molar-refractivity contribution is 6.24. The van der Waals surface area contributed by atoms with E-state index in [4.69, 9.17) is 0 Å². The van der Waals surface area contributed by atoms with Crippen LogP contribution in [-0.2, 0) is 49.7 Å². The number of nitrogens with one attached hydrogen (secondary N) is 1. The minimum Gasteiger partial charge on any atom is -0.481 e. The molecule has 6 aromatic rings. The number of cyclic esters (lactones) is 2. The molecule has 6 amide bonds. The van der Waals surface area contributed by atoms with E-state index in [-0.39, 0.29) is 77.8 Å². The monoisotopic (exact) mass is 1170 g/mol. The fourth-order valence-electron chi connectivity index (χ4n) is 14.1. The molecule has 87 heavy (non-hydrogen) atoms. The summed E-state index contributed by atoms with van der Waals surface area (Å²) in [5.74, 6) is -3.67. The molecule has 17 nitrogen and oxygen atoms in total. The van der Waals surface area contributed by atoms with Gasteiger partial charge in [0.05, 0.1) is 70.3 Å². The number of aliphatic imine (C=N–C) groups is 1. The molecule has 7 aliphatic heterocycles. The number of esters is 2. The highest BCUT2D eigenvalue weighted by Gasteiger charge is 2.46. The lowest BCUT2D eigenvalue weighted by molar-refractivity contribution is -0.154. The van der Waals surface area contributed by atoms with Crippen LogP contribution in [0.5, 0.6) is 0 Å². The van der Waals surface area contributed by atoms with Gasteiger partial charge in [0.15, 0.2) is 0 Å². The fourth-order valence-corrected chi connectivity index (χ4v) is 14.1. The number of amides is 6. The molecule has 9 aliphatic rings. The number of aliphatic carboxylic acids is 1. The molecule has 0 bridgehead atoms. The van der Waals surface area contributed by atoms with Gasteiger partial charge in [0, 0.05) is 43.9 Å². The first kappa shape index (κ1) is 58.2. The first-order chi connectivity index (χ1) is 42.3. The van der Waals surface area contributed by atoms with Crippen molar-refractivity contribution in [2.75, 3.05) is 39.3 Å². The van der Waals surface area contributed by atoms with Crippen LogP contribution in [0, 0.1) is 23.7 Å². The number of carbonyl (C=O) groups excluding carboxylic acids is 8. The number of rotatable bonds is 8. The van der Waals surface area contributed by atoms with Crippen LogP contribution in [0.3, 0.4) is 0 Å². The number of benzene rings is 6. The van der Waals surface area contributed by atoms with E-state index in [2.05, 4.69) is 39.3 Å². The van der Waals surface area contributed by atoms with Gasteiger partial charge >= 0.3 is 17.9 Å². The van der Waals surface area contributed by atoms with E-state index in [0.29, 0.717) is 67.8 Å². The number of carboxylic acid groups (broad SMARTS) is 1. The summed E-state index contributed by atoms with van der Waals surface area (Å²) in [7, 11) is 0. The van der Waals surface area contributed by atoms with Crippen LogP contribution in [-0.4, -0.2) is 123 Å². The van der Waals surface area contributed by atoms with Crippen LogP contribution in [0.2, 0.25) is 0 Å². The topological polar surface area (TPSA) is 220 Å². The molecule has 7 heterocycles. The van der Waals surface area contributed by atoms with Gasteiger partial charge in [-0.3, -0.25) is 57.9 Å². The molecule has 0 aromatic heterocycles. The molecule has 3 fully saturated rings. The third-order valence-corrected chi connectivity index (χ3v) is 18.6. The summed E-state index contributed by atoms with van der Waals surface area (Å²) >= 11 is 0. The highest BCUT2D eigenvalue weighted by Crippen LogP contribution is 2.40. The van der Waals surface area contributed by atoms with Crippen LogP contribution in [0.15, 0.2) is 151 Å². The van der Waals surface area contributed by atoms with Crippen molar-refractivity contribution in [3.8, 4) is 0 Å². The molecule has 4 unspecified atom stereocenters. The van der Waals surface area contributed by atoms with Gasteiger partial charge in [-0.2, -0.15) is 0 Å². The molecule has 2 aliphatic carbocycles. The number of fused-ring (bicyclic) bond motifs is 7. The van der Waals surface area contributed by atoms with Crippen LogP contribution in [0.4, 0.5) is 0 Å². The second-order valence-electron chi connectivity index (χ2n) is 23.6. The fraction of sp³-hybridized carbons (Fsp3) is 0.343. The lowest BCUT2D eigenvalue weighted by atomic mass is 9.77. The van der Waals surface area contributed by atoms with Gasteiger partial charge in [-0.15, -0.1) is 0 Å². The van der Waals surface area contributed by atoms with Gasteiger partial charge in [0.1, 0.15) is 0 Å².